The van der Waals surface area contributed by atoms with E-state index in [0.29, 0.717) is 50.5 Å². The van der Waals surface area contributed by atoms with Crippen molar-refractivity contribution < 1.29 is 28.7 Å². The van der Waals surface area contributed by atoms with E-state index in [-0.39, 0.29) is 18.1 Å². The zero-order valence-corrected chi connectivity index (χ0v) is 18.3. The summed E-state index contributed by atoms with van der Waals surface area (Å²) in [6.45, 7) is 10.8. The number of hydrogen-bond acceptors (Lipinski definition) is 8. The SMILES string of the molecule is CCOC(=O)N1CCN([n+]2cc(N=C([O-])OC3CC(C)CCC3C(C)C)on2)CC1. The van der Waals surface area contributed by atoms with E-state index in [4.69, 9.17) is 14.0 Å². The first-order valence-electron chi connectivity index (χ1n) is 10.8. The van der Waals surface area contributed by atoms with Crippen LogP contribution in [-0.2, 0) is 9.47 Å². The fourth-order valence-electron chi connectivity index (χ4n) is 4.21. The molecule has 10 nitrogen and oxygen atoms in total. The van der Waals surface area contributed by atoms with Crippen molar-refractivity contribution in [2.45, 2.75) is 53.1 Å². The Hall–Kier alpha value is -2.52. The number of aromatic nitrogens is 2. The van der Waals surface area contributed by atoms with Gasteiger partial charge in [-0.25, -0.2) is 4.79 Å². The Balaban J connectivity index is 1.56. The molecule has 30 heavy (non-hydrogen) atoms. The van der Waals surface area contributed by atoms with Crippen LogP contribution in [0.1, 0.15) is 47.0 Å². The number of ether oxygens (including phenoxy) is 2. The highest BCUT2D eigenvalue weighted by atomic mass is 16.6. The standard InChI is InChI=1S/C20H33N5O5/c1-5-28-20(27)23-8-10-24(11-9-23)25-13-18(30-22-25)21-19(26)29-17-12-15(4)6-7-16(17)14(2)3/h13-17H,5-12H2,1-4H3. The van der Waals surface area contributed by atoms with Gasteiger partial charge in [-0.2, -0.15) is 4.99 Å². The molecule has 2 heterocycles. The van der Waals surface area contributed by atoms with E-state index >= 15 is 0 Å². The second kappa shape index (κ2) is 9.99. The second-order valence-electron chi connectivity index (χ2n) is 8.46. The summed E-state index contributed by atoms with van der Waals surface area (Å²) in [6, 6.07) is 0. The average molecular weight is 424 g/mol. The Morgan fingerprint density at radius 1 is 1.37 bits per heavy atom. The third-order valence-electron chi connectivity index (χ3n) is 5.93. The van der Waals surface area contributed by atoms with Gasteiger partial charge in [-0.15, -0.1) is 5.01 Å². The van der Waals surface area contributed by atoms with Gasteiger partial charge in [0.15, 0.2) is 6.08 Å². The summed E-state index contributed by atoms with van der Waals surface area (Å²) in [7, 11) is 0. The average Bonchev–Trinajstić information content (AvgIpc) is 3.16. The van der Waals surface area contributed by atoms with Gasteiger partial charge in [0.1, 0.15) is 0 Å². The third kappa shape index (κ3) is 5.54. The molecule has 1 aliphatic heterocycles. The topological polar surface area (TPSA) is 107 Å². The summed E-state index contributed by atoms with van der Waals surface area (Å²) in [4.78, 5) is 18.9. The van der Waals surface area contributed by atoms with Gasteiger partial charge in [-0.1, -0.05) is 27.2 Å². The Morgan fingerprint density at radius 2 is 2.10 bits per heavy atom. The Labute approximate surface area is 177 Å². The first-order chi connectivity index (χ1) is 14.4. The summed E-state index contributed by atoms with van der Waals surface area (Å²) >= 11 is 0. The summed E-state index contributed by atoms with van der Waals surface area (Å²) in [6.07, 6.45) is 3.58. The van der Waals surface area contributed by atoms with Crippen LogP contribution in [0.15, 0.2) is 15.7 Å². The summed E-state index contributed by atoms with van der Waals surface area (Å²) in [5.41, 5.74) is 0. The molecule has 2 aliphatic rings. The molecule has 3 atom stereocenters. The van der Waals surface area contributed by atoms with Crippen molar-refractivity contribution in [2.75, 3.05) is 37.8 Å². The minimum Gasteiger partial charge on any atom is -0.596 e. The molecule has 1 saturated heterocycles. The number of carbonyl (C=O) groups excluding carboxylic acids is 1. The van der Waals surface area contributed by atoms with Gasteiger partial charge in [0, 0.05) is 19.2 Å². The van der Waals surface area contributed by atoms with Crippen molar-refractivity contribution in [1.29, 1.82) is 0 Å². The minimum atomic E-state index is -0.643. The second-order valence-corrected chi connectivity index (χ2v) is 8.46. The van der Waals surface area contributed by atoms with Crippen LogP contribution >= 0.6 is 0 Å². The van der Waals surface area contributed by atoms with E-state index in [9.17, 15) is 9.90 Å². The molecular weight excluding hydrogens is 390 g/mol. The molecule has 1 aromatic rings. The van der Waals surface area contributed by atoms with Crippen molar-refractivity contribution >= 4 is 18.1 Å². The van der Waals surface area contributed by atoms with E-state index in [2.05, 4.69) is 31.0 Å². The first kappa shape index (κ1) is 22.2. The maximum absolute atomic E-state index is 12.4. The lowest BCUT2D eigenvalue weighted by Gasteiger charge is -2.41. The Kier molecular flexibility index (Phi) is 7.38. The number of hydrogen-bond donors (Lipinski definition) is 0. The Morgan fingerprint density at radius 3 is 2.77 bits per heavy atom. The third-order valence-corrected chi connectivity index (χ3v) is 5.93. The molecule has 2 fully saturated rings. The van der Waals surface area contributed by atoms with E-state index < -0.39 is 6.08 Å². The van der Waals surface area contributed by atoms with Gasteiger partial charge < -0.3 is 19.5 Å². The molecule has 1 aromatic heterocycles. The summed E-state index contributed by atoms with van der Waals surface area (Å²) < 4.78 is 15.9. The molecule has 3 rings (SSSR count). The molecule has 0 spiro atoms. The Bertz CT molecular complexity index is 729. The summed E-state index contributed by atoms with van der Waals surface area (Å²) in [5.74, 6) is 1.45. The molecule has 0 radical (unpaired) electrons. The minimum absolute atomic E-state index is 0.0952. The normalized spacial score (nSPS) is 25.5. The van der Waals surface area contributed by atoms with Gasteiger partial charge >= 0.3 is 12.0 Å². The van der Waals surface area contributed by atoms with Crippen LogP contribution in [0.4, 0.5) is 10.7 Å². The van der Waals surface area contributed by atoms with Crippen molar-refractivity contribution in [3.8, 4) is 0 Å². The lowest BCUT2D eigenvalue weighted by atomic mass is 9.75. The van der Waals surface area contributed by atoms with Gasteiger partial charge in [-0.3, -0.25) is 4.52 Å². The molecule has 1 aliphatic carbocycles. The quantitative estimate of drug-likeness (QED) is 0.398. The molecule has 10 heteroatoms. The number of nitrogens with zero attached hydrogens (tertiary/aromatic N) is 5. The predicted octanol–water partition coefficient (Wildman–Crippen LogP) is 1.20. The van der Waals surface area contributed by atoms with Crippen LogP contribution in [-0.4, -0.2) is 61.2 Å². The van der Waals surface area contributed by atoms with E-state index in [0.717, 1.165) is 12.8 Å². The van der Waals surface area contributed by atoms with Crippen LogP contribution in [0, 0.1) is 17.8 Å². The van der Waals surface area contributed by atoms with Crippen LogP contribution in [0.5, 0.6) is 0 Å². The maximum Gasteiger partial charge on any atom is 0.409 e. The highest BCUT2D eigenvalue weighted by Crippen LogP contribution is 2.35. The number of amides is 1. The van der Waals surface area contributed by atoms with Crippen molar-refractivity contribution in [1.82, 2.24) is 10.2 Å². The van der Waals surface area contributed by atoms with Gasteiger partial charge in [-0.05, 0) is 37.5 Å². The van der Waals surface area contributed by atoms with Crippen molar-refractivity contribution in [3.05, 3.63) is 6.20 Å². The van der Waals surface area contributed by atoms with Gasteiger partial charge in [0.2, 0.25) is 5.27 Å². The van der Waals surface area contributed by atoms with Crippen molar-refractivity contribution in [3.63, 3.8) is 0 Å². The lowest BCUT2D eigenvalue weighted by Crippen LogP contribution is -2.65. The van der Waals surface area contributed by atoms with Crippen molar-refractivity contribution in [2.24, 2.45) is 22.7 Å². The maximum atomic E-state index is 12.4. The molecule has 0 bridgehead atoms. The fraction of sp³-hybridized carbons (Fsp3) is 0.800. The molecule has 1 amide bonds. The highest BCUT2D eigenvalue weighted by molar-refractivity contribution is 5.67. The zero-order valence-electron chi connectivity index (χ0n) is 18.3. The van der Waals surface area contributed by atoms with Crippen LogP contribution in [0.2, 0.25) is 0 Å². The van der Waals surface area contributed by atoms with E-state index in [1.165, 1.54) is 11.2 Å². The number of piperazine rings is 1. The van der Waals surface area contributed by atoms with Gasteiger partial charge in [0.25, 0.3) is 6.20 Å². The number of carbonyl (C=O) groups is 1. The van der Waals surface area contributed by atoms with Crippen LogP contribution < -0.4 is 14.9 Å². The predicted molar refractivity (Wildman–Crippen MR) is 107 cm³/mol. The molecule has 1 saturated carbocycles. The van der Waals surface area contributed by atoms with Crippen LogP contribution in [0.3, 0.4) is 0 Å². The van der Waals surface area contributed by atoms with Crippen LogP contribution in [0.25, 0.3) is 0 Å². The summed E-state index contributed by atoms with van der Waals surface area (Å²) in [5, 5.41) is 18.2. The molecule has 0 N–H and O–H groups in total. The molecule has 0 aromatic carbocycles. The highest BCUT2D eigenvalue weighted by Gasteiger charge is 2.30. The largest absolute Gasteiger partial charge is 0.596 e. The van der Waals surface area contributed by atoms with E-state index in [1.54, 1.807) is 18.0 Å². The zero-order chi connectivity index (χ0) is 21.7. The monoisotopic (exact) mass is 423 g/mol. The molecular formula is C20H33N5O5. The fourth-order valence-corrected chi connectivity index (χ4v) is 4.21. The number of rotatable bonds is 5. The molecule has 3 unspecified atom stereocenters. The molecule has 168 valence electrons. The first-order valence-corrected chi connectivity index (χ1v) is 10.8. The van der Waals surface area contributed by atoms with Gasteiger partial charge in [0.05, 0.1) is 24.5 Å². The number of aliphatic imine (C=N–C) groups is 1. The van der Waals surface area contributed by atoms with E-state index in [1.807, 2.05) is 5.01 Å². The smallest absolute Gasteiger partial charge is 0.409 e. The lowest BCUT2D eigenvalue weighted by molar-refractivity contribution is -0.759.